The molecule has 1 fully saturated rings. The van der Waals surface area contributed by atoms with Crippen LogP contribution in [0.2, 0.25) is 0 Å². The Morgan fingerprint density at radius 2 is 2.17 bits per heavy atom. The average molecular weight is 180 g/mol. The molecule has 0 unspecified atom stereocenters. The zero-order valence-electron chi connectivity index (χ0n) is 6.45. The van der Waals surface area contributed by atoms with Crippen LogP contribution in [0.5, 0.6) is 0 Å². The maximum absolute atomic E-state index is 5.32. The van der Waals surface area contributed by atoms with Gasteiger partial charge in [0.1, 0.15) is 0 Å². The minimum Gasteiger partial charge on any atom is -0.345 e. The molecule has 12 heavy (non-hydrogen) atoms. The Kier molecular flexibility index (Phi) is 2.13. The van der Waals surface area contributed by atoms with E-state index in [2.05, 4.69) is 5.92 Å². The number of terminal acetylenes is 1. The van der Waals surface area contributed by atoms with E-state index in [-0.39, 0.29) is 6.29 Å². The molecule has 1 saturated heterocycles. The molecule has 0 bridgehead atoms. The second-order valence-corrected chi connectivity index (χ2v) is 3.54. The standard InChI is InChI=1S/C9H8O2S/c1-2-7-3-4-8(12-7)9-10-5-6-11-9/h1,3-4,9H,5-6H2. The Balaban J connectivity index is 2.17. The summed E-state index contributed by atoms with van der Waals surface area (Å²) >= 11 is 1.54. The predicted molar refractivity (Wildman–Crippen MR) is 46.9 cm³/mol. The van der Waals surface area contributed by atoms with E-state index in [1.165, 1.54) is 0 Å². The molecule has 2 heterocycles. The molecular formula is C9H8O2S. The number of hydrogen-bond acceptors (Lipinski definition) is 3. The Bertz CT molecular complexity index is 305. The molecular weight excluding hydrogens is 172 g/mol. The van der Waals surface area contributed by atoms with Crippen molar-refractivity contribution < 1.29 is 9.47 Å². The second kappa shape index (κ2) is 3.28. The first-order valence-corrected chi connectivity index (χ1v) is 4.51. The van der Waals surface area contributed by atoms with Crippen molar-refractivity contribution >= 4 is 11.3 Å². The monoisotopic (exact) mass is 180 g/mol. The molecule has 3 heteroatoms. The van der Waals surface area contributed by atoms with Crippen LogP contribution < -0.4 is 0 Å². The predicted octanol–water partition coefficient (Wildman–Crippen LogP) is 1.77. The number of ether oxygens (including phenoxy) is 2. The Labute approximate surface area is 75.1 Å². The third kappa shape index (κ3) is 1.37. The van der Waals surface area contributed by atoms with Crippen molar-refractivity contribution in [2.45, 2.75) is 6.29 Å². The van der Waals surface area contributed by atoms with E-state index in [4.69, 9.17) is 15.9 Å². The van der Waals surface area contributed by atoms with Gasteiger partial charge < -0.3 is 9.47 Å². The second-order valence-electron chi connectivity index (χ2n) is 2.42. The Morgan fingerprint density at radius 3 is 2.75 bits per heavy atom. The smallest absolute Gasteiger partial charge is 0.193 e. The largest absolute Gasteiger partial charge is 0.345 e. The minimum atomic E-state index is -0.183. The molecule has 1 aliphatic rings. The van der Waals surface area contributed by atoms with Gasteiger partial charge in [-0.3, -0.25) is 0 Å². The lowest BCUT2D eigenvalue weighted by Crippen LogP contribution is -1.93. The first-order valence-electron chi connectivity index (χ1n) is 3.70. The topological polar surface area (TPSA) is 18.5 Å². The molecule has 62 valence electrons. The summed E-state index contributed by atoms with van der Waals surface area (Å²) in [6.45, 7) is 1.35. The van der Waals surface area contributed by atoms with Crippen molar-refractivity contribution in [3.05, 3.63) is 21.9 Å². The molecule has 0 N–H and O–H groups in total. The third-order valence-corrected chi connectivity index (χ3v) is 2.66. The molecule has 0 spiro atoms. The first kappa shape index (κ1) is 7.81. The molecule has 0 atom stereocenters. The molecule has 0 amide bonds. The van der Waals surface area contributed by atoms with Crippen LogP contribution >= 0.6 is 11.3 Å². The van der Waals surface area contributed by atoms with Gasteiger partial charge in [-0.15, -0.1) is 17.8 Å². The molecule has 1 aromatic heterocycles. The van der Waals surface area contributed by atoms with Crippen molar-refractivity contribution in [2.24, 2.45) is 0 Å². The van der Waals surface area contributed by atoms with Crippen molar-refractivity contribution in [1.82, 2.24) is 0 Å². The summed E-state index contributed by atoms with van der Waals surface area (Å²) in [5.41, 5.74) is 0. The maximum Gasteiger partial charge on any atom is 0.193 e. The summed E-state index contributed by atoms with van der Waals surface area (Å²) < 4.78 is 10.6. The number of thiophene rings is 1. The normalized spacial score (nSPS) is 17.9. The quantitative estimate of drug-likeness (QED) is 0.613. The molecule has 0 saturated carbocycles. The van der Waals surface area contributed by atoms with E-state index >= 15 is 0 Å². The lowest BCUT2D eigenvalue weighted by molar-refractivity contribution is -0.0413. The zero-order valence-corrected chi connectivity index (χ0v) is 7.26. The molecule has 1 aliphatic heterocycles. The third-order valence-electron chi connectivity index (χ3n) is 1.62. The molecule has 0 radical (unpaired) electrons. The van der Waals surface area contributed by atoms with E-state index in [0.29, 0.717) is 13.2 Å². The van der Waals surface area contributed by atoms with Crippen molar-refractivity contribution in [2.75, 3.05) is 13.2 Å². The fraction of sp³-hybridized carbons (Fsp3) is 0.333. The van der Waals surface area contributed by atoms with Crippen molar-refractivity contribution in [3.63, 3.8) is 0 Å². The Hall–Kier alpha value is -0.820. The molecule has 2 nitrogen and oxygen atoms in total. The minimum absolute atomic E-state index is 0.183. The highest BCUT2D eigenvalue weighted by molar-refractivity contribution is 7.12. The van der Waals surface area contributed by atoms with E-state index in [1.54, 1.807) is 11.3 Å². The van der Waals surface area contributed by atoms with Crippen molar-refractivity contribution in [3.8, 4) is 12.3 Å². The van der Waals surface area contributed by atoms with Crippen molar-refractivity contribution in [1.29, 1.82) is 0 Å². The van der Waals surface area contributed by atoms with E-state index in [9.17, 15) is 0 Å². The van der Waals surface area contributed by atoms with Crippen LogP contribution in [0.3, 0.4) is 0 Å². The summed E-state index contributed by atoms with van der Waals surface area (Å²) in [5.74, 6) is 2.58. The fourth-order valence-corrected chi connectivity index (χ4v) is 1.90. The van der Waals surface area contributed by atoms with E-state index in [1.807, 2.05) is 12.1 Å². The van der Waals surface area contributed by atoms with E-state index < -0.39 is 0 Å². The maximum atomic E-state index is 5.32. The average Bonchev–Trinajstić information content (AvgIpc) is 2.75. The van der Waals surface area contributed by atoms with Gasteiger partial charge in [0.05, 0.1) is 23.0 Å². The highest BCUT2D eigenvalue weighted by atomic mass is 32.1. The summed E-state index contributed by atoms with van der Waals surface area (Å²) in [5, 5.41) is 0. The lowest BCUT2D eigenvalue weighted by atomic mass is 10.4. The fourth-order valence-electron chi connectivity index (χ4n) is 1.08. The molecule has 1 aromatic rings. The van der Waals surface area contributed by atoms with Crippen LogP contribution in [0.25, 0.3) is 0 Å². The van der Waals surface area contributed by atoms with Gasteiger partial charge in [-0.05, 0) is 12.1 Å². The van der Waals surface area contributed by atoms with Gasteiger partial charge >= 0.3 is 0 Å². The number of hydrogen-bond donors (Lipinski definition) is 0. The highest BCUT2D eigenvalue weighted by Gasteiger charge is 2.19. The summed E-state index contributed by atoms with van der Waals surface area (Å²) in [4.78, 5) is 1.98. The SMILES string of the molecule is C#Cc1ccc(C2OCCO2)s1. The molecule has 0 aromatic carbocycles. The van der Waals surface area contributed by atoms with Gasteiger partial charge in [0, 0.05) is 0 Å². The first-order chi connectivity index (χ1) is 5.90. The molecule has 2 rings (SSSR count). The van der Waals surface area contributed by atoms with Gasteiger partial charge in [-0.1, -0.05) is 5.92 Å². The van der Waals surface area contributed by atoms with E-state index in [0.717, 1.165) is 9.75 Å². The van der Waals surface area contributed by atoms with Crippen LogP contribution in [-0.4, -0.2) is 13.2 Å². The lowest BCUT2D eigenvalue weighted by Gasteiger charge is -2.03. The summed E-state index contributed by atoms with van der Waals surface area (Å²) in [6.07, 6.45) is 5.06. The highest BCUT2D eigenvalue weighted by Crippen LogP contribution is 2.28. The van der Waals surface area contributed by atoms with Gasteiger partial charge in [-0.25, -0.2) is 0 Å². The van der Waals surface area contributed by atoms with Crippen LogP contribution in [0.4, 0.5) is 0 Å². The molecule has 0 aliphatic carbocycles. The van der Waals surface area contributed by atoms with Gasteiger partial charge in [0.25, 0.3) is 0 Å². The summed E-state index contributed by atoms with van der Waals surface area (Å²) in [7, 11) is 0. The zero-order chi connectivity index (χ0) is 8.39. The van der Waals surface area contributed by atoms with Crippen LogP contribution in [0.1, 0.15) is 16.0 Å². The van der Waals surface area contributed by atoms with Gasteiger partial charge in [0.15, 0.2) is 6.29 Å². The van der Waals surface area contributed by atoms with Crippen LogP contribution in [0, 0.1) is 12.3 Å². The van der Waals surface area contributed by atoms with Gasteiger partial charge in [-0.2, -0.15) is 0 Å². The Morgan fingerprint density at radius 1 is 1.42 bits per heavy atom. The van der Waals surface area contributed by atoms with Crippen LogP contribution in [0.15, 0.2) is 12.1 Å². The summed E-state index contributed by atoms with van der Waals surface area (Å²) in [6, 6.07) is 3.86. The number of rotatable bonds is 1. The van der Waals surface area contributed by atoms with Crippen LogP contribution in [-0.2, 0) is 9.47 Å². The van der Waals surface area contributed by atoms with Gasteiger partial charge in [0.2, 0.25) is 0 Å².